The standard InChI is InChI=1S/C15H14ClN3O3/c16-9-1-2-10-11(5-9)8(6-17)7-19(15(10)22)12-3-4-13(20)18-14(12)21/h1-2,5,7,12H,3-4,6,17H2,(H,18,20,21). The summed E-state index contributed by atoms with van der Waals surface area (Å²) in [4.78, 5) is 35.9. The van der Waals surface area contributed by atoms with Crippen molar-refractivity contribution < 1.29 is 9.59 Å². The SMILES string of the molecule is NCc1cn(C2CCC(=O)NC2=O)c(=O)c2ccc(Cl)cc12. The van der Waals surface area contributed by atoms with Gasteiger partial charge in [-0.05, 0) is 35.6 Å². The topological polar surface area (TPSA) is 94.2 Å². The maximum atomic E-state index is 12.6. The highest BCUT2D eigenvalue weighted by atomic mass is 35.5. The number of hydrogen-bond acceptors (Lipinski definition) is 4. The van der Waals surface area contributed by atoms with Crippen molar-refractivity contribution in [1.82, 2.24) is 9.88 Å². The second kappa shape index (κ2) is 5.55. The van der Waals surface area contributed by atoms with Gasteiger partial charge in [-0.2, -0.15) is 0 Å². The Bertz CT molecular complexity index is 844. The Balaban J connectivity index is 2.21. The first-order valence-electron chi connectivity index (χ1n) is 6.88. The summed E-state index contributed by atoms with van der Waals surface area (Å²) in [6.45, 7) is 0.213. The van der Waals surface area contributed by atoms with E-state index in [-0.39, 0.29) is 24.4 Å². The summed E-state index contributed by atoms with van der Waals surface area (Å²) in [5.74, 6) is -0.782. The highest BCUT2D eigenvalue weighted by Gasteiger charge is 2.29. The number of hydrogen-bond donors (Lipinski definition) is 2. The van der Waals surface area contributed by atoms with E-state index in [1.54, 1.807) is 24.4 Å². The molecule has 1 unspecified atom stereocenters. The molecule has 1 atom stereocenters. The summed E-state index contributed by atoms with van der Waals surface area (Å²) in [5, 5.41) is 3.91. The molecule has 3 N–H and O–H groups in total. The first-order chi connectivity index (χ1) is 10.5. The van der Waals surface area contributed by atoms with Gasteiger partial charge in [-0.3, -0.25) is 19.7 Å². The van der Waals surface area contributed by atoms with Crippen LogP contribution in [0.2, 0.25) is 5.02 Å². The molecule has 1 fully saturated rings. The van der Waals surface area contributed by atoms with Crippen LogP contribution in [0.25, 0.3) is 10.8 Å². The van der Waals surface area contributed by atoms with Crippen LogP contribution in [0.15, 0.2) is 29.2 Å². The van der Waals surface area contributed by atoms with Gasteiger partial charge >= 0.3 is 0 Å². The summed E-state index contributed by atoms with van der Waals surface area (Å²) >= 11 is 5.98. The van der Waals surface area contributed by atoms with Crippen LogP contribution in [-0.4, -0.2) is 16.4 Å². The summed E-state index contributed by atoms with van der Waals surface area (Å²) in [6, 6.07) is 4.24. The Morgan fingerprint density at radius 3 is 2.73 bits per heavy atom. The lowest BCUT2D eigenvalue weighted by atomic mass is 10.0. The third-order valence-corrected chi connectivity index (χ3v) is 4.09. The van der Waals surface area contributed by atoms with Crippen molar-refractivity contribution in [3.05, 3.63) is 45.3 Å². The van der Waals surface area contributed by atoms with Gasteiger partial charge in [0.2, 0.25) is 11.8 Å². The Morgan fingerprint density at radius 1 is 1.27 bits per heavy atom. The van der Waals surface area contributed by atoms with Crippen LogP contribution in [0.5, 0.6) is 0 Å². The van der Waals surface area contributed by atoms with Gasteiger partial charge in [0.15, 0.2) is 0 Å². The molecule has 0 aliphatic carbocycles. The largest absolute Gasteiger partial charge is 0.326 e. The van der Waals surface area contributed by atoms with Gasteiger partial charge in [0.05, 0.1) is 0 Å². The van der Waals surface area contributed by atoms with Crippen LogP contribution >= 0.6 is 11.6 Å². The Morgan fingerprint density at radius 2 is 2.05 bits per heavy atom. The van der Waals surface area contributed by atoms with E-state index in [1.165, 1.54) is 4.57 Å². The molecule has 0 spiro atoms. The number of pyridine rings is 1. The van der Waals surface area contributed by atoms with E-state index in [9.17, 15) is 14.4 Å². The zero-order valence-corrected chi connectivity index (χ0v) is 12.4. The van der Waals surface area contributed by atoms with E-state index < -0.39 is 11.9 Å². The van der Waals surface area contributed by atoms with Crippen LogP contribution in [0.4, 0.5) is 0 Å². The lowest BCUT2D eigenvalue weighted by Gasteiger charge is -2.24. The van der Waals surface area contributed by atoms with E-state index >= 15 is 0 Å². The number of aromatic nitrogens is 1. The van der Waals surface area contributed by atoms with E-state index in [1.807, 2.05) is 0 Å². The number of carbonyl (C=O) groups excluding carboxylic acids is 2. The van der Waals surface area contributed by atoms with Crippen molar-refractivity contribution in [2.45, 2.75) is 25.4 Å². The highest BCUT2D eigenvalue weighted by molar-refractivity contribution is 6.31. The second-order valence-electron chi connectivity index (χ2n) is 5.23. The second-order valence-corrected chi connectivity index (χ2v) is 5.66. The maximum Gasteiger partial charge on any atom is 0.259 e. The number of halogens is 1. The quantitative estimate of drug-likeness (QED) is 0.810. The molecule has 2 amide bonds. The van der Waals surface area contributed by atoms with Crippen molar-refractivity contribution in [2.24, 2.45) is 5.73 Å². The number of imide groups is 1. The molecule has 3 rings (SSSR count). The third-order valence-electron chi connectivity index (χ3n) is 3.85. The van der Waals surface area contributed by atoms with E-state index in [0.717, 1.165) is 5.56 Å². The molecule has 1 aromatic heterocycles. The Labute approximate surface area is 130 Å². The van der Waals surface area contributed by atoms with Crippen molar-refractivity contribution >= 4 is 34.2 Å². The number of nitrogens with one attached hydrogen (secondary N) is 1. The molecule has 114 valence electrons. The number of amides is 2. The van der Waals surface area contributed by atoms with Crippen LogP contribution in [-0.2, 0) is 16.1 Å². The van der Waals surface area contributed by atoms with Crippen LogP contribution in [0, 0.1) is 0 Å². The number of nitrogens with two attached hydrogens (primary N) is 1. The monoisotopic (exact) mass is 319 g/mol. The lowest BCUT2D eigenvalue weighted by molar-refractivity contribution is -0.135. The number of rotatable bonds is 2. The van der Waals surface area contributed by atoms with Gasteiger partial charge < -0.3 is 10.3 Å². The number of carbonyl (C=O) groups is 2. The third kappa shape index (κ3) is 2.40. The fourth-order valence-corrected chi connectivity index (χ4v) is 2.92. The first kappa shape index (κ1) is 14.7. The summed E-state index contributed by atoms with van der Waals surface area (Å²) in [5.41, 5.74) is 6.19. The number of benzene rings is 1. The smallest absolute Gasteiger partial charge is 0.259 e. The molecular formula is C15H14ClN3O3. The van der Waals surface area contributed by atoms with Crippen molar-refractivity contribution in [3.8, 4) is 0 Å². The zero-order chi connectivity index (χ0) is 15.9. The fraction of sp³-hybridized carbons (Fsp3) is 0.267. The predicted octanol–water partition coefficient (Wildman–Crippen LogP) is 1.09. The maximum absolute atomic E-state index is 12.6. The average molecular weight is 320 g/mol. The molecule has 6 nitrogen and oxygen atoms in total. The normalized spacial score (nSPS) is 18.5. The molecule has 0 radical (unpaired) electrons. The van der Waals surface area contributed by atoms with Crippen molar-refractivity contribution in [1.29, 1.82) is 0 Å². The molecule has 1 aromatic carbocycles. The van der Waals surface area contributed by atoms with Crippen LogP contribution in [0.1, 0.15) is 24.4 Å². The highest BCUT2D eigenvalue weighted by Crippen LogP contribution is 2.23. The van der Waals surface area contributed by atoms with Gasteiger partial charge in [-0.25, -0.2) is 0 Å². The molecule has 2 aromatic rings. The Hall–Kier alpha value is -2.18. The zero-order valence-electron chi connectivity index (χ0n) is 11.6. The van der Waals surface area contributed by atoms with E-state index in [0.29, 0.717) is 22.2 Å². The van der Waals surface area contributed by atoms with Gasteiger partial charge in [0, 0.05) is 29.6 Å². The summed E-state index contributed by atoms with van der Waals surface area (Å²) in [7, 11) is 0. The summed E-state index contributed by atoms with van der Waals surface area (Å²) < 4.78 is 1.36. The average Bonchev–Trinajstić information content (AvgIpc) is 2.48. The van der Waals surface area contributed by atoms with Crippen LogP contribution < -0.4 is 16.6 Å². The molecule has 2 heterocycles. The van der Waals surface area contributed by atoms with E-state index in [4.69, 9.17) is 17.3 Å². The number of nitrogens with zero attached hydrogens (tertiary/aromatic N) is 1. The molecule has 22 heavy (non-hydrogen) atoms. The minimum atomic E-state index is -0.699. The number of piperidine rings is 1. The Kier molecular flexibility index (Phi) is 3.72. The summed E-state index contributed by atoms with van der Waals surface area (Å²) in [6.07, 6.45) is 2.09. The predicted molar refractivity (Wildman–Crippen MR) is 82.5 cm³/mol. The van der Waals surface area contributed by atoms with Gasteiger partial charge in [-0.1, -0.05) is 11.6 Å². The number of fused-ring (bicyclic) bond motifs is 1. The van der Waals surface area contributed by atoms with Gasteiger partial charge in [0.25, 0.3) is 5.56 Å². The molecule has 1 aliphatic heterocycles. The van der Waals surface area contributed by atoms with Crippen LogP contribution in [0.3, 0.4) is 0 Å². The van der Waals surface area contributed by atoms with Crippen molar-refractivity contribution in [2.75, 3.05) is 0 Å². The molecule has 0 saturated carbocycles. The first-order valence-corrected chi connectivity index (χ1v) is 7.26. The molecule has 0 bridgehead atoms. The lowest BCUT2D eigenvalue weighted by Crippen LogP contribution is -2.44. The van der Waals surface area contributed by atoms with Gasteiger partial charge in [0.1, 0.15) is 6.04 Å². The van der Waals surface area contributed by atoms with E-state index in [2.05, 4.69) is 5.32 Å². The minimum Gasteiger partial charge on any atom is -0.326 e. The molecule has 1 saturated heterocycles. The minimum absolute atomic E-state index is 0.208. The van der Waals surface area contributed by atoms with Gasteiger partial charge in [-0.15, -0.1) is 0 Å². The molecular weight excluding hydrogens is 306 g/mol. The fourth-order valence-electron chi connectivity index (χ4n) is 2.75. The van der Waals surface area contributed by atoms with Crippen molar-refractivity contribution in [3.63, 3.8) is 0 Å². The molecule has 1 aliphatic rings. The molecule has 7 heteroatoms.